The number of hydrogen-bond donors (Lipinski definition) is 1. The van der Waals surface area contributed by atoms with Crippen molar-refractivity contribution in [2.45, 2.75) is 85.3 Å². The van der Waals surface area contributed by atoms with E-state index in [-0.39, 0.29) is 17.7 Å². The van der Waals surface area contributed by atoms with E-state index in [9.17, 15) is 9.90 Å². The van der Waals surface area contributed by atoms with Gasteiger partial charge in [0.2, 0.25) is 0 Å². The van der Waals surface area contributed by atoms with Gasteiger partial charge in [-0.15, -0.1) is 0 Å². The van der Waals surface area contributed by atoms with E-state index in [1.807, 2.05) is 45.0 Å². The number of carbonyl (C=O) groups is 1. The van der Waals surface area contributed by atoms with E-state index in [1.165, 1.54) is 12.8 Å². The second-order valence-corrected chi connectivity index (χ2v) is 6.25. The minimum atomic E-state index is -0.597. The van der Waals surface area contributed by atoms with Crippen LogP contribution in [0, 0.1) is 5.92 Å². The first-order chi connectivity index (χ1) is 10.4. The minimum Gasteiger partial charge on any atom is -0.391 e. The van der Waals surface area contributed by atoms with Gasteiger partial charge in [-0.05, 0) is 39.8 Å². The monoisotopic (exact) mass is 313 g/mol. The number of Topliss-reactive ketones (excluding diaryl/α,β-unsaturated/α-hetero) is 1. The molecule has 3 nitrogen and oxygen atoms in total. The summed E-state index contributed by atoms with van der Waals surface area (Å²) >= 11 is 0. The second-order valence-electron chi connectivity index (χ2n) is 6.25. The van der Waals surface area contributed by atoms with Crippen LogP contribution in [0.25, 0.3) is 0 Å². The Hall–Kier alpha value is -0.670. The van der Waals surface area contributed by atoms with E-state index in [2.05, 4.69) is 20.8 Å². The van der Waals surface area contributed by atoms with Crippen LogP contribution in [-0.2, 0) is 4.79 Å². The molecule has 0 fully saturated rings. The third kappa shape index (κ3) is 11.0. The highest BCUT2D eigenvalue weighted by Crippen LogP contribution is 2.18. The van der Waals surface area contributed by atoms with E-state index in [0.717, 1.165) is 19.3 Å². The average Bonchev–Trinajstić information content (AvgIpc) is 2.50. The molecule has 0 aliphatic rings. The van der Waals surface area contributed by atoms with Crippen LogP contribution >= 0.6 is 0 Å². The maximum absolute atomic E-state index is 12.1. The van der Waals surface area contributed by atoms with Gasteiger partial charge < -0.3 is 5.11 Å². The van der Waals surface area contributed by atoms with Gasteiger partial charge in [-0.3, -0.25) is 9.69 Å². The van der Waals surface area contributed by atoms with Crippen LogP contribution in [0.2, 0.25) is 0 Å². The van der Waals surface area contributed by atoms with Crippen LogP contribution in [0.1, 0.15) is 73.1 Å². The van der Waals surface area contributed by atoms with Crippen molar-refractivity contribution >= 4 is 5.78 Å². The predicted octanol–water partition coefficient (Wildman–Crippen LogP) is 4.45. The number of rotatable bonds is 10. The number of likely N-dealkylation sites (N-methyl/N-ethyl adjacent to an activating group) is 1. The summed E-state index contributed by atoms with van der Waals surface area (Å²) in [6, 6.07) is -0.378. The Balaban J connectivity index is 0. The van der Waals surface area contributed by atoms with Gasteiger partial charge in [0.1, 0.15) is 0 Å². The summed E-state index contributed by atoms with van der Waals surface area (Å²) in [4.78, 5) is 14.0. The molecule has 0 heterocycles. The molecule has 0 radical (unpaired) electrons. The smallest absolute Gasteiger partial charge is 0.152 e. The van der Waals surface area contributed by atoms with Crippen LogP contribution in [0.4, 0.5) is 0 Å². The molecule has 1 N–H and O–H groups in total. The Kier molecular flexibility index (Phi) is 16.3. The minimum absolute atomic E-state index is 0.0965. The number of carbonyl (C=O) groups excluding carboxylic acids is 1. The first kappa shape index (κ1) is 23.6. The zero-order valence-corrected chi connectivity index (χ0v) is 15.9. The summed E-state index contributed by atoms with van der Waals surface area (Å²) in [5.41, 5.74) is 0. The number of hydrogen-bond acceptors (Lipinski definition) is 3. The highest BCUT2D eigenvalue weighted by molar-refractivity contribution is 5.84. The summed E-state index contributed by atoms with van der Waals surface area (Å²) in [6.45, 7) is 10.4. The summed E-state index contributed by atoms with van der Waals surface area (Å²) < 4.78 is 0. The fourth-order valence-electron chi connectivity index (χ4n) is 2.08. The topological polar surface area (TPSA) is 40.5 Å². The average molecular weight is 314 g/mol. The molecular formula is C19H39NO2. The number of unbranched alkanes of at least 4 members (excludes halogenated alkanes) is 2. The lowest BCUT2D eigenvalue weighted by Gasteiger charge is -2.31. The first-order valence-electron chi connectivity index (χ1n) is 8.85. The van der Waals surface area contributed by atoms with Crippen molar-refractivity contribution in [2.75, 3.05) is 14.1 Å². The number of ketones is 1. The fourth-order valence-corrected chi connectivity index (χ4v) is 2.08. The normalized spacial score (nSPS) is 15.3. The molecule has 0 bridgehead atoms. The van der Waals surface area contributed by atoms with Crippen LogP contribution in [0.15, 0.2) is 12.2 Å². The maximum Gasteiger partial charge on any atom is 0.152 e. The van der Waals surface area contributed by atoms with Crippen molar-refractivity contribution in [3.05, 3.63) is 12.2 Å². The predicted molar refractivity (Wildman–Crippen MR) is 97.2 cm³/mol. The Bertz CT molecular complexity index is 285. The van der Waals surface area contributed by atoms with E-state index in [1.54, 1.807) is 0 Å². The summed E-state index contributed by atoms with van der Waals surface area (Å²) in [6.07, 6.45) is 9.34. The molecule has 0 saturated carbocycles. The van der Waals surface area contributed by atoms with Gasteiger partial charge in [0.15, 0.2) is 5.78 Å². The van der Waals surface area contributed by atoms with Crippen molar-refractivity contribution in [3.63, 3.8) is 0 Å². The lowest BCUT2D eigenvalue weighted by atomic mass is 9.90. The van der Waals surface area contributed by atoms with E-state index < -0.39 is 6.10 Å². The lowest BCUT2D eigenvalue weighted by Crippen LogP contribution is -2.47. The van der Waals surface area contributed by atoms with E-state index in [4.69, 9.17) is 0 Å². The van der Waals surface area contributed by atoms with Crippen molar-refractivity contribution in [3.8, 4) is 0 Å². The zero-order chi connectivity index (χ0) is 17.5. The Morgan fingerprint density at radius 1 is 1.14 bits per heavy atom. The molecule has 0 aliphatic heterocycles. The molecule has 1 unspecified atom stereocenters. The van der Waals surface area contributed by atoms with Crippen LogP contribution in [-0.4, -0.2) is 42.0 Å². The standard InChI is InChI=1S/C15H29NO2.C4H10/c1-6-8-10-12(3)15(18)14(16(4)5)13(17)11-9-7-2;1-3-4-2/h6,8,12,14-15,18H,7,9-11H2,1-5H3;3-4H2,1-2H3/b8-6+;/t12-,14?,15-;/m1./s1. The largest absolute Gasteiger partial charge is 0.391 e. The van der Waals surface area contributed by atoms with Crippen molar-refractivity contribution in [1.82, 2.24) is 4.90 Å². The molecule has 0 amide bonds. The van der Waals surface area contributed by atoms with Gasteiger partial charge in [0.25, 0.3) is 0 Å². The molecule has 0 rings (SSSR count). The maximum atomic E-state index is 12.1. The van der Waals surface area contributed by atoms with Gasteiger partial charge in [-0.25, -0.2) is 0 Å². The van der Waals surface area contributed by atoms with Crippen molar-refractivity contribution in [2.24, 2.45) is 5.92 Å². The van der Waals surface area contributed by atoms with E-state index >= 15 is 0 Å². The quantitative estimate of drug-likeness (QED) is 0.606. The molecule has 0 aromatic heterocycles. The van der Waals surface area contributed by atoms with Crippen molar-refractivity contribution in [1.29, 1.82) is 0 Å². The van der Waals surface area contributed by atoms with Crippen LogP contribution < -0.4 is 0 Å². The molecule has 3 atom stereocenters. The summed E-state index contributed by atoms with van der Waals surface area (Å²) in [5, 5.41) is 10.3. The fraction of sp³-hybridized carbons (Fsp3) is 0.842. The number of nitrogens with zero attached hydrogens (tertiary/aromatic N) is 1. The third-order valence-electron chi connectivity index (χ3n) is 3.81. The molecule has 22 heavy (non-hydrogen) atoms. The summed E-state index contributed by atoms with van der Waals surface area (Å²) in [5.74, 6) is 0.251. The van der Waals surface area contributed by atoms with Gasteiger partial charge in [-0.1, -0.05) is 59.1 Å². The molecule has 0 saturated heterocycles. The molecule has 0 aliphatic carbocycles. The summed E-state index contributed by atoms with van der Waals surface area (Å²) in [7, 11) is 3.72. The third-order valence-corrected chi connectivity index (χ3v) is 3.81. The number of allylic oxidation sites excluding steroid dienone is 2. The molecule has 132 valence electrons. The molecule has 0 aromatic rings. The van der Waals surface area contributed by atoms with Crippen LogP contribution in [0.3, 0.4) is 0 Å². The molecule has 3 heteroatoms. The number of aliphatic hydroxyl groups excluding tert-OH is 1. The van der Waals surface area contributed by atoms with Crippen molar-refractivity contribution < 1.29 is 9.90 Å². The second kappa shape index (κ2) is 15.2. The highest BCUT2D eigenvalue weighted by Gasteiger charge is 2.31. The van der Waals surface area contributed by atoms with Gasteiger partial charge in [0.05, 0.1) is 12.1 Å². The SMILES string of the molecule is C/C=C/C[C@@H](C)[C@@H](O)C(C(=O)CCCC)N(C)C.CCCC. The molecule has 0 spiro atoms. The Morgan fingerprint density at radius 2 is 1.68 bits per heavy atom. The van der Waals surface area contributed by atoms with E-state index in [0.29, 0.717) is 6.42 Å². The van der Waals surface area contributed by atoms with Gasteiger partial charge in [0, 0.05) is 6.42 Å². The van der Waals surface area contributed by atoms with Gasteiger partial charge >= 0.3 is 0 Å². The Labute approximate surface area is 138 Å². The highest BCUT2D eigenvalue weighted by atomic mass is 16.3. The molecule has 0 aromatic carbocycles. The lowest BCUT2D eigenvalue weighted by molar-refractivity contribution is -0.128. The Morgan fingerprint density at radius 3 is 2.05 bits per heavy atom. The van der Waals surface area contributed by atoms with Gasteiger partial charge in [-0.2, -0.15) is 0 Å². The van der Waals surface area contributed by atoms with Crippen LogP contribution in [0.5, 0.6) is 0 Å². The molecular weight excluding hydrogens is 274 g/mol. The zero-order valence-electron chi connectivity index (χ0n) is 15.9. The number of aliphatic hydroxyl groups is 1. The first-order valence-corrected chi connectivity index (χ1v) is 8.85.